The number of hydrogen-bond donors (Lipinski definition) is 1. The average molecular weight is 330 g/mol. The van der Waals surface area contributed by atoms with Crippen molar-refractivity contribution in [2.24, 2.45) is 5.92 Å². The molecular weight excluding hydrogens is 312 g/mol. The molecule has 0 saturated carbocycles. The van der Waals surface area contributed by atoms with E-state index in [1.807, 2.05) is 37.3 Å². The summed E-state index contributed by atoms with van der Waals surface area (Å²) < 4.78 is 0. The molecule has 23 heavy (non-hydrogen) atoms. The summed E-state index contributed by atoms with van der Waals surface area (Å²) in [5.41, 5.74) is 0.978. The summed E-state index contributed by atoms with van der Waals surface area (Å²) in [6.45, 7) is 2.24. The minimum absolute atomic E-state index is 0.0559. The van der Waals surface area contributed by atoms with Crippen molar-refractivity contribution in [2.75, 3.05) is 6.54 Å². The Morgan fingerprint density at radius 1 is 1.26 bits per heavy atom. The van der Waals surface area contributed by atoms with Gasteiger partial charge in [-0.15, -0.1) is 11.3 Å². The topological polar surface area (TPSA) is 70.5 Å². The van der Waals surface area contributed by atoms with Crippen LogP contribution in [0.25, 0.3) is 10.6 Å². The molecular formula is C17H18N2O3S. The number of benzene rings is 1. The number of carbonyl (C=O) groups excluding carboxylic acids is 1. The van der Waals surface area contributed by atoms with Crippen molar-refractivity contribution in [2.45, 2.75) is 25.8 Å². The van der Waals surface area contributed by atoms with Crippen LogP contribution in [0.1, 0.15) is 29.4 Å². The van der Waals surface area contributed by atoms with E-state index < -0.39 is 11.9 Å². The molecule has 5 nitrogen and oxygen atoms in total. The van der Waals surface area contributed by atoms with Crippen molar-refractivity contribution >= 4 is 23.2 Å². The predicted molar refractivity (Wildman–Crippen MR) is 88.4 cm³/mol. The van der Waals surface area contributed by atoms with E-state index in [1.165, 1.54) is 11.3 Å². The molecule has 0 radical (unpaired) electrons. The molecule has 6 heteroatoms. The van der Waals surface area contributed by atoms with Crippen LogP contribution in [-0.4, -0.2) is 39.5 Å². The fraction of sp³-hybridized carbons (Fsp3) is 0.353. The Morgan fingerprint density at radius 3 is 2.70 bits per heavy atom. The second kappa shape index (κ2) is 6.50. The zero-order valence-electron chi connectivity index (χ0n) is 12.8. The molecule has 0 aliphatic carbocycles. The van der Waals surface area contributed by atoms with Gasteiger partial charge in [-0.3, -0.25) is 9.59 Å². The van der Waals surface area contributed by atoms with E-state index in [0.717, 1.165) is 10.6 Å². The fourth-order valence-corrected chi connectivity index (χ4v) is 3.70. The summed E-state index contributed by atoms with van der Waals surface area (Å²) >= 11 is 1.35. The summed E-state index contributed by atoms with van der Waals surface area (Å²) in [5, 5.41) is 10.00. The van der Waals surface area contributed by atoms with Crippen molar-refractivity contribution in [1.82, 2.24) is 9.88 Å². The number of amides is 1. The number of carboxylic acids is 1. The highest BCUT2D eigenvalue weighted by Crippen LogP contribution is 2.29. The van der Waals surface area contributed by atoms with Gasteiger partial charge < -0.3 is 10.0 Å². The first-order valence-electron chi connectivity index (χ1n) is 7.61. The van der Waals surface area contributed by atoms with E-state index in [0.29, 0.717) is 17.7 Å². The maximum Gasteiger partial charge on any atom is 0.308 e. The summed E-state index contributed by atoms with van der Waals surface area (Å²) in [6.07, 6.45) is 2.93. The van der Waals surface area contributed by atoms with Gasteiger partial charge in [-0.1, -0.05) is 30.3 Å². The SMILES string of the molecule is CC1CCC(C(=O)O)CN1C(=O)c1cnc(-c2ccccc2)s1. The van der Waals surface area contributed by atoms with Gasteiger partial charge in [0.05, 0.1) is 12.1 Å². The maximum atomic E-state index is 12.7. The zero-order valence-corrected chi connectivity index (χ0v) is 13.6. The number of thiazole rings is 1. The summed E-state index contributed by atoms with van der Waals surface area (Å²) in [5.74, 6) is -1.43. The number of carboxylic acid groups (broad SMARTS) is 1. The van der Waals surface area contributed by atoms with Gasteiger partial charge >= 0.3 is 5.97 Å². The Labute approximate surface area is 138 Å². The van der Waals surface area contributed by atoms with Crippen LogP contribution in [-0.2, 0) is 4.79 Å². The van der Waals surface area contributed by atoms with Crippen LogP contribution in [0, 0.1) is 5.92 Å². The second-order valence-electron chi connectivity index (χ2n) is 5.81. The molecule has 2 aromatic rings. The van der Waals surface area contributed by atoms with Crippen LogP contribution in [0.15, 0.2) is 36.5 Å². The Hall–Kier alpha value is -2.21. The molecule has 1 amide bonds. The van der Waals surface area contributed by atoms with E-state index in [4.69, 9.17) is 0 Å². The van der Waals surface area contributed by atoms with Crippen LogP contribution in [0.4, 0.5) is 0 Å². The molecule has 120 valence electrons. The van der Waals surface area contributed by atoms with E-state index in [2.05, 4.69) is 4.98 Å². The summed E-state index contributed by atoms with van der Waals surface area (Å²) in [6, 6.07) is 9.77. The Morgan fingerprint density at radius 2 is 2.00 bits per heavy atom. The number of hydrogen-bond acceptors (Lipinski definition) is 4. The van der Waals surface area contributed by atoms with Crippen LogP contribution in [0.5, 0.6) is 0 Å². The van der Waals surface area contributed by atoms with Crippen LogP contribution in [0.2, 0.25) is 0 Å². The zero-order chi connectivity index (χ0) is 16.4. The third-order valence-corrected chi connectivity index (χ3v) is 5.26. The summed E-state index contributed by atoms with van der Waals surface area (Å²) in [7, 11) is 0. The molecule has 1 saturated heterocycles. The number of carbonyl (C=O) groups is 2. The van der Waals surface area contributed by atoms with E-state index in [-0.39, 0.29) is 18.5 Å². The Bertz CT molecular complexity index is 714. The number of aliphatic carboxylic acids is 1. The highest BCUT2D eigenvalue weighted by molar-refractivity contribution is 7.16. The third kappa shape index (κ3) is 3.27. The van der Waals surface area contributed by atoms with E-state index in [1.54, 1.807) is 11.1 Å². The lowest BCUT2D eigenvalue weighted by molar-refractivity contribution is -0.143. The minimum Gasteiger partial charge on any atom is -0.481 e. The molecule has 1 N–H and O–H groups in total. The lowest BCUT2D eigenvalue weighted by Gasteiger charge is -2.36. The number of aromatic nitrogens is 1. The molecule has 1 aromatic carbocycles. The largest absolute Gasteiger partial charge is 0.481 e. The van der Waals surface area contributed by atoms with Crippen molar-refractivity contribution in [1.29, 1.82) is 0 Å². The van der Waals surface area contributed by atoms with Gasteiger partial charge in [-0.2, -0.15) is 0 Å². The standard InChI is InChI=1S/C17H18N2O3S/c1-11-7-8-13(17(21)22)10-19(11)16(20)14-9-18-15(23-14)12-5-3-2-4-6-12/h2-6,9,11,13H,7-8,10H2,1H3,(H,21,22). The van der Waals surface area contributed by atoms with Crippen LogP contribution < -0.4 is 0 Å². The van der Waals surface area contributed by atoms with Crippen LogP contribution >= 0.6 is 11.3 Å². The Balaban J connectivity index is 1.80. The highest BCUT2D eigenvalue weighted by Gasteiger charge is 2.33. The first kappa shape index (κ1) is 15.7. The summed E-state index contributed by atoms with van der Waals surface area (Å²) in [4.78, 5) is 30.5. The van der Waals surface area contributed by atoms with Gasteiger partial charge in [0.15, 0.2) is 0 Å². The average Bonchev–Trinajstić information content (AvgIpc) is 3.05. The van der Waals surface area contributed by atoms with Crippen molar-refractivity contribution in [3.63, 3.8) is 0 Å². The predicted octanol–water partition coefficient (Wildman–Crippen LogP) is 3.14. The molecule has 2 heterocycles. The number of piperidine rings is 1. The maximum absolute atomic E-state index is 12.7. The van der Waals surface area contributed by atoms with Gasteiger partial charge in [0.1, 0.15) is 9.88 Å². The number of nitrogens with zero attached hydrogens (tertiary/aromatic N) is 2. The molecule has 1 fully saturated rings. The molecule has 2 atom stereocenters. The second-order valence-corrected chi connectivity index (χ2v) is 6.85. The van der Waals surface area contributed by atoms with Gasteiger partial charge in [0.25, 0.3) is 5.91 Å². The monoisotopic (exact) mass is 330 g/mol. The smallest absolute Gasteiger partial charge is 0.308 e. The van der Waals surface area contributed by atoms with Gasteiger partial charge in [-0.25, -0.2) is 4.98 Å². The molecule has 3 rings (SSSR count). The number of rotatable bonds is 3. The van der Waals surface area contributed by atoms with Crippen LogP contribution in [0.3, 0.4) is 0 Å². The van der Waals surface area contributed by atoms with Crippen molar-refractivity contribution < 1.29 is 14.7 Å². The lowest BCUT2D eigenvalue weighted by Crippen LogP contribution is -2.47. The molecule has 0 spiro atoms. The van der Waals surface area contributed by atoms with Crippen molar-refractivity contribution in [3.05, 3.63) is 41.4 Å². The van der Waals surface area contributed by atoms with E-state index >= 15 is 0 Å². The fourth-order valence-electron chi connectivity index (χ4n) is 2.82. The minimum atomic E-state index is -0.830. The molecule has 0 bridgehead atoms. The van der Waals surface area contributed by atoms with Gasteiger partial charge in [-0.05, 0) is 19.8 Å². The van der Waals surface area contributed by atoms with E-state index in [9.17, 15) is 14.7 Å². The highest BCUT2D eigenvalue weighted by atomic mass is 32.1. The third-order valence-electron chi connectivity index (χ3n) is 4.23. The first-order valence-corrected chi connectivity index (χ1v) is 8.43. The Kier molecular flexibility index (Phi) is 4.43. The lowest BCUT2D eigenvalue weighted by atomic mass is 9.93. The normalized spacial score (nSPS) is 21.2. The first-order chi connectivity index (χ1) is 11.1. The molecule has 2 unspecified atom stereocenters. The molecule has 1 aliphatic heterocycles. The van der Waals surface area contributed by atoms with Gasteiger partial charge in [0.2, 0.25) is 0 Å². The molecule has 1 aromatic heterocycles. The van der Waals surface area contributed by atoms with Gasteiger partial charge in [0, 0.05) is 18.2 Å². The quantitative estimate of drug-likeness (QED) is 0.938. The molecule has 1 aliphatic rings. The van der Waals surface area contributed by atoms with Crippen molar-refractivity contribution in [3.8, 4) is 10.6 Å². The number of likely N-dealkylation sites (tertiary alicyclic amines) is 1.